The maximum atomic E-state index is 11.2. The normalized spacial score (nSPS) is 11.1. The van der Waals surface area contributed by atoms with Gasteiger partial charge in [0.15, 0.2) is 5.69 Å². The van der Waals surface area contributed by atoms with Gasteiger partial charge in [-0.1, -0.05) is 24.3 Å². The average molecular weight is 381 g/mol. The molecule has 0 fully saturated rings. The summed E-state index contributed by atoms with van der Waals surface area (Å²) in [6, 6.07) is 11.8. The van der Waals surface area contributed by atoms with Gasteiger partial charge in [0, 0.05) is 42.7 Å². The number of anilines is 1. The number of aromatic hydroxyl groups is 1. The van der Waals surface area contributed by atoms with Crippen molar-refractivity contribution in [1.29, 1.82) is 0 Å². The van der Waals surface area contributed by atoms with Crippen molar-refractivity contribution in [3.05, 3.63) is 68.8 Å². The second kappa shape index (κ2) is 7.27. The molecule has 10 nitrogen and oxygen atoms in total. The van der Waals surface area contributed by atoms with Crippen molar-refractivity contribution in [3.8, 4) is 5.75 Å². The second-order valence-electron chi connectivity index (χ2n) is 6.09. The van der Waals surface area contributed by atoms with E-state index in [1.807, 2.05) is 31.1 Å². The molecule has 0 saturated carbocycles. The Balaban J connectivity index is 2.15. The number of hydrogen-bond donors (Lipinski definition) is 1. The number of non-ortho nitro benzene ring substituents is 1. The summed E-state index contributed by atoms with van der Waals surface area (Å²) in [7, 11) is 3.67. The van der Waals surface area contributed by atoms with Gasteiger partial charge in [-0.15, -0.1) is 10.2 Å². The highest BCUT2D eigenvalue weighted by atomic mass is 16.6. The highest BCUT2D eigenvalue weighted by Crippen LogP contribution is 2.42. The Bertz CT molecular complexity index is 1130. The molecule has 0 unspecified atom stereocenters. The van der Waals surface area contributed by atoms with E-state index < -0.39 is 21.2 Å². The summed E-state index contributed by atoms with van der Waals surface area (Å²) in [6.07, 6.45) is 0. The number of nitrogens with zero attached hydrogens (tertiary/aromatic N) is 5. The van der Waals surface area contributed by atoms with Crippen LogP contribution in [0.2, 0.25) is 0 Å². The van der Waals surface area contributed by atoms with Crippen molar-refractivity contribution in [1.82, 2.24) is 0 Å². The Kier molecular flexibility index (Phi) is 4.86. The standard InChI is InChI=1S/C18H15N5O5/c1-21(2)15-10-17(24)18(13-6-4-3-5-12(13)15)20-19-14-8-7-11(22(25)26)9-16(14)23(27)28/h3-10,24H,1-2H3. The number of benzene rings is 3. The van der Waals surface area contributed by atoms with Gasteiger partial charge in [0.1, 0.15) is 11.4 Å². The van der Waals surface area contributed by atoms with E-state index in [2.05, 4.69) is 10.2 Å². The number of nitro benzene ring substituents is 2. The van der Waals surface area contributed by atoms with Crippen LogP contribution in [0.5, 0.6) is 5.75 Å². The van der Waals surface area contributed by atoms with Gasteiger partial charge >= 0.3 is 5.69 Å². The van der Waals surface area contributed by atoms with Gasteiger partial charge in [-0.3, -0.25) is 20.2 Å². The van der Waals surface area contributed by atoms with Gasteiger partial charge in [-0.25, -0.2) is 0 Å². The molecule has 3 rings (SSSR count). The highest BCUT2D eigenvalue weighted by Gasteiger charge is 2.20. The van der Waals surface area contributed by atoms with Crippen LogP contribution in [0.4, 0.5) is 28.4 Å². The van der Waals surface area contributed by atoms with Crippen LogP contribution in [0.15, 0.2) is 58.8 Å². The Hall–Kier alpha value is -4.08. The molecule has 142 valence electrons. The highest BCUT2D eigenvalue weighted by molar-refractivity contribution is 6.03. The number of phenolic OH excluding ortho intramolecular Hbond substituents is 1. The lowest BCUT2D eigenvalue weighted by Crippen LogP contribution is -2.08. The molecule has 0 aromatic heterocycles. The minimum absolute atomic E-state index is 0.143. The Labute approximate surface area is 158 Å². The van der Waals surface area contributed by atoms with Gasteiger partial charge in [-0.2, -0.15) is 0 Å². The van der Waals surface area contributed by atoms with Gasteiger partial charge in [0.25, 0.3) is 5.69 Å². The zero-order valence-corrected chi connectivity index (χ0v) is 14.9. The molecule has 0 heterocycles. The predicted octanol–water partition coefficient (Wildman–Crippen LogP) is 4.84. The third kappa shape index (κ3) is 3.43. The van der Waals surface area contributed by atoms with E-state index in [-0.39, 0.29) is 17.1 Å². The summed E-state index contributed by atoms with van der Waals surface area (Å²) in [5, 5.41) is 41.8. The molecule has 3 aromatic carbocycles. The fourth-order valence-corrected chi connectivity index (χ4v) is 2.76. The maximum absolute atomic E-state index is 11.2. The Morgan fingerprint density at radius 3 is 2.21 bits per heavy atom. The quantitative estimate of drug-likeness (QED) is 0.381. The van der Waals surface area contributed by atoms with Crippen LogP contribution >= 0.6 is 0 Å². The van der Waals surface area contributed by atoms with Crippen LogP contribution < -0.4 is 4.90 Å². The molecular weight excluding hydrogens is 366 g/mol. The van der Waals surface area contributed by atoms with Crippen LogP contribution in [-0.4, -0.2) is 29.0 Å². The Morgan fingerprint density at radius 1 is 0.929 bits per heavy atom. The molecule has 0 aliphatic carbocycles. The molecule has 0 saturated heterocycles. The summed E-state index contributed by atoms with van der Waals surface area (Å²) < 4.78 is 0. The first-order chi connectivity index (χ1) is 13.3. The van der Waals surface area contributed by atoms with Gasteiger partial charge < -0.3 is 10.0 Å². The molecule has 0 amide bonds. The SMILES string of the molecule is CN(C)c1cc(O)c(N=Nc2ccc([N+](=O)[O-])cc2[N+](=O)[O-])c2ccccc12. The summed E-state index contributed by atoms with van der Waals surface area (Å²) >= 11 is 0. The summed E-state index contributed by atoms with van der Waals surface area (Å²) in [6.45, 7) is 0. The monoisotopic (exact) mass is 381 g/mol. The average Bonchev–Trinajstić information content (AvgIpc) is 2.66. The third-order valence-corrected chi connectivity index (χ3v) is 4.08. The number of azo groups is 1. The zero-order valence-electron chi connectivity index (χ0n) is 14.9. The number of phenols is 1. The lowest BCUT2D eigenvalue weighted by molar-refractivity contribution is -0.393. The number of hydrogen-bond acceptors (Lipinski definition) is 8. The van der Waals surface area contributed by atoms with Crippen molar-refractivity contribution in [3.63, 3.8) is 0 Å². The molecule has 1 N–H and O–H groups in total. The minimum Gasteiger partial charge on any atom is -0.506 e. The summed E-state index contributed by atoms with van der Waals surface area (Å²) in [5.41, 5.74) is -0.209. The first-order valence-corrected chi connectivity index (χ1v) is 8.06. The molecule has 0 aliphatic rings. The minimum atomic E-state index is -0.769. The van der Waals surface area contributed by atoms with E-state index in [1.165, 1.54) is 6.07 Å². The first-order valence-electron chi connectivity index (χ1n) is 8.06. The van der Waals surface area contributed by atoms with Crippen LogP contribution in [0.3, 0.4) is 0 Å². The van der Waals surface area contributed by atoms with Gasteiger partial charge in [0.05, 0.1) is 15.9 Å². The fraction of sp³-hybridized carbons (Fsp3) is 0.111. The van der Waals surface area contributed by atoms with Crippen molar-refractivity contribution < 1.29 is 15.0 Å². The fourth-order valence-electron chi connectivity index (χ4n) is 2.76. The smallest absolute Gasteiger partial charge is 0.303 e. The van der Waals surface area contributed by atoms with Gasteiger partial charge in [0.2, 0.25) is 0 Å². The summed E-state index contributed by atoms with van der Waals surface area (Å²) in [4.78, 5) is 22.4. The Morgan fingerprint density at radius 2 is 1.61 bits per heavy atom. The molecule has 0 radical (unpaired) electrons. The zero-order chi connectivity index (χ0) is 20.4. The van der Waals surface area contributed by atoms with E-state index in [0.29, 0.717) is 5.39 Å². The molecule has 10 heteroatoms. The van der Waals surface area contributed by atoms with E-state index >= 15 is 0 Å². The number of rotatable bonds is 5. The van der Waals surface area contributed by atoms with Crippen LogP contribution in [0.1, 0.15) is 0 Å². The van der Waals surface area contributed by atoms with Crippen LogP contribution in [0, 0.1) is 20.2 Å². The molecule has 0 atom stereocenters. The molecule has 0 aliphatic heterocycles. The van der Waals surface area contributed by atoms with E-state index in [9.17, 15) is 25.3 Å². The lowest BCUT2D eigenvalue weighted by Gasteiger charge is -2.17. The second-order valence-corrected chi connectivity index (χ2v) is 6.09. The van der Waals surface area contributed by atoms with E-state index in [1.54, 1.807) is 12.1 Å². The molecular formula is C18H15N5O5. The lowest BCUT2D eigenvalue weighted by atomic mass is 10.1. The topological polar surface area (TPSA) is 134 Å². The number of fused-ring (bicyclic) bond motifs is 1. The van der Waals surface area contributed by atoms with Crippen molar-refractivity contribution in [2.45, 2.75) is 0 Å². The van der Waals surface area contributed by atoms with E-state index in [4.69, 9.17) is 0 Å². The third-order valence-electron chi connectivity index (χ3n) is 4.08. The van der Waals surface area contributed by atoms with Crippen molar-refractivity contribution >= 4 is 39.2 Å². The maximum Gasteiger partial charge on any atom is 0.303 e. The van der Waals surface area contributed by atoms with Crippen molar-refractivity contribution in [2.75, 3.05) is 19.0 Å². The molecule has 28 heavy (non-hydrogen) atoms. The van der Waals surface area contributed by atoms with Crippen molar-refractivity contribution in [2.24, 2.45) is 10.2 Å². The number of nitro groups is 2. The molecule has 0 bridgehead atoms. The van der Waals surface area contributed by atoms with Gasteiger partial charge in [-0.05, 0) is 6.07 Å². The summed E-state index contributed by atoms with van der Waals surface area (Å²) in [5.74, 6) is -0.143. The molecule has 0 spiro atoms. The van der Waals surface area contributed by atoms with E-state index in [0.717, 1.165) is 29.3 Å². The van der Waals surface area contributed by atoms with Crippen LogP contribution in [-0.2, 0) is 0 Å². The van der Waals surface area contributed by atoms with Crippen LogP contribution in [0.25, 0.3) is 10.8 Å². The largest absolute Gasteiger partial charge is 0.506 e. The molecule has 3 aromatic rings. The predicted molar refractivity (Wildman–Crippen MR) is 104 cm³/mol. The first kappa shape index (κ1) is 18.7.